The molecule has 0 aliphatic heterocycles. The summed E-state index contributed by atoms with van der Waals surface area (Å²) in [4.78, 5) is 0. The Kier molecular flexibility index (Phi) is 6.26. The molecule has 0 bridgehead atoms. The van der Waals surface area contributed by atoms with Crippen LogP contribution in [0.1, 0.15) is 32.3 Å². The van der Waals surface area contributed by atoms with Gasteiger partial charge < -0.3 is 10.2 Å². The summed E-state index contributed by atoms with van der Waals surface area (Å²) < 4.78 is 0. The molecule has 1 aromatic rings. The summed E-state index contributed by atoms with van der Waals surface area (Å²) in [6.45, 7) is 8.10. The number of benzene rings is 1. The van der Waals surface area contributed by atoms with E-state index in [2.05, 4.69) is 25.7 Å². The number of rotatable bonds is 7. The molecule has 20 heavy (non-hydrogen) atoms. The zero-order valence-corrected chi connectivity index (χ0v) is 12.3. The Morgan fingerprint density at radius 1 is 1.30 bits per heavy atom. The third-order valence-corrected chi connectivity index (χ3v) is 3.44. The van der Waals surface area contributed by atoms with Crippen molar-refractivity contribution in [1.82, 2.24) is 0 Å². The van der Waals surface area contributed by atoms with Gasteiger partial charge >= 0.3 is 0 Å². The second kappa shape index (κ2) is 7.71. The molecule has 0 unspecified atom stereocenters. The van der Waals surface area contributed by atoms with Crippen LogP contribution in [0.2, 0.25) is 0 Å². The van der Waals surface area contributed by atoms with Gasteiger partial charge in [0.15, 0.2) is 0 Å². The predicted molar refractivity (Wildman–Crippen MR) is 85.5 cm³/mol. The van der Waals surface area contributed by atoms with Gasteiger partial charge in [0.25, 0.3) is 0 Å². The molecule has 0 aromatic heterocycles. The topological polar surface area (TPSA) is 40.5 Å². The molecule has 2 N–H and O–H groups in total. The SMILES string of the molecule is C=C[C@@](C)(/C=C/c1ccc(O)cc1)CC/C=C(\C)CO. The minimum atomic E-state index is -0.0792. The zero-order valence-electron chi connectivity index (χ0n) is 12.3. The first-order valence-electron chi connectivity index (χ1n) is 6.87. The Labute approximate surface area is 121 Å². The lowest BCUT2D eigenvalue weighted by molar-refractivity contribution is 0.330. The van der Waals surface area contributed by atoms with Gasteiger partial charge in [0, 0.05) is 5.41 Å². The monoisotopic (exact) mass is 272 g/mol. The maximum absolute atomic E-state index is 9.26. The molecule has 2 heteroatoms. The summed E-state index contributed by atoms with van der Waals surface area (Å²) in [6.07, 6.45) is 10.1. The number of phenolic OH excluding ortho intramolecular Hbond substituents is 1. The van der Waals surface area contributed by atoms with E-state index < -0.39 is 0 Å². The van der Waals surface area contributed by atoms with Crippen molar-refractivity contribution in [2.75, 3.05) is 6.61 Å². The number of aliphatic hydroxyl groups is 1. The molecule has 0 aliphatic rings. The predicted octanol–water partition coefficient (Wildman–Crippen LogP) is 4.32. The van der Waals surface area contributed by atoms with Crippen LogP contribution in [0.3, 0.4) is 0 Å². The van der Waals surface area contributed by atoms with Gasteiger partial charge in [-0.15, -0.1) is 6.58 Å². The van der Waals surface area contributed by atoms with E-state index >= 15 is 0 Å². The molecule has 1 atom stereocenters. The lowest BCUT2D eigenvalue weighted by Crippen LogP contribution is -2.08. The van der Waals surface area contributed by atoms with Gasteiger partial charge in [-0.05, 0) is 37.5 Å². The molecule has 0 spiro atoms. The maximum atomic E-state index is 9.26. The van der Waals surface area contributed by atoms with Crippen molar-refractivity contribution >= 4 is 6.08 Å². The second-order valence-corrected chi connectivity index (χ2v) is 5.38. The number of hydrogen-bond acceptors (Lipinski definition) is 2. The Bertz CT molecular complexity index is 483. The minimum absolute atomic E-state index is 0.0792. The number of phenols is 1. The van der Waals surface area contributed by atoms with Crippen molar-refractivity contribution < 1.29 is 10.2 Å². The fourth-order valence-corrected chi connectivity index (χ4v) is 1.82. The van der Waals surface area contributed by atoms with Gasteiger partial charge in [-0.25, -0.2) is 0 Å². The number of aromatic hydroxyl groups is 1. The van der Waals surface area contributed by atoms with Crippen LogP contribution in [0, 0.1) is 5.41 Å². The molecule has 1 rings (SSSR count). The summed E-state index contributed by atoms with van der Waals surface area (Å²) in [5.41, 5.74) is 1.97. The highest BCUT2D eigenvalue weighted by Crippen LogP contribution is 2.28. The molecular formula is C18H24O2. The van der Waals surface area contributed by atoms with Gasteiger partial charge in [-0.1, -0.05) is 48.9 Å². The summed E-state index contributed by atoms with van der Waals surface area (Å²) in [7, 11) is 0. The van der Waals surface area contributed by atoms with Crippen molar-refractivity contribution in [3.05, 3.63) is 60.2 Å². The molecule has 0 aliphatic carbocycles. The van der Waals surface area contributed by atoms with Crippen LogP contribution in [0.25, 0.3) is 6.08 Å². The van der Waals surface area contributed by atoms with Crippen LogP contribution < -0.4 is 0 Å². The summed E-state index contributed by atoms with van der Waals surface area (Å²) >= 11 is 0. The third-order valence-electron chi connectivity index (χ3n) is 3.44. The third kappa shape index (κ3) is 5.45. The van der Waals surface area contributed by atoms with E-state index in [1.807, 2.05) is 31.2 Å². The molecule has 0 amide bonds. The molecule has 1 aromatic carbocycles. The smallest absolute Gasteiger partial charge is 0.115 e. The van der Waals surface area contributed by atoms with Crippen LogP contribution >= 0.6 is 0 Å². The second-order valence-electron chi connectivity index (χ2n) is 5.38. The fourth-order valence-electron chi connectivity index (χ4n) is 1.82. The van der Waals surface area contributed by atoms with Crippen molar-refractivity contribution in [3.63, 3.8) is 0 Å². The molecule has 0 saturated carbocycles. The highest BCUT2D eigenvalue weighted by atomic mass is 16.3. The molecule has 0 radical (unpaired) electrons. The van der Waals surface area contributed by atoms with Crippen molar-refractivity contribution in [2.45, 2.75) is 26.7 Å². The number of aliphatic hydroxyl groups excluding tert-OH is 1. The van der Waals surface area contributed by atoms with Gasteiger partial charge in [0.05, 0.1) is 6.61 Å². The number of hydrogen-bond donors (Lipinski definition) is 2. The van der Waals surface area contributed by atoms with Gasteiger partial charge in [-0.2, -0.15) is 0 Å². The lowest BCUT2D eigenvalue weighted by Gasteiger charge is -2.20. The largest absolute Gasteiger partial charge is 0.508 e. The van der Waals surface area contributed by atoms with Gasteiger partial charge in [0.2, 0.25) is 0 Å². The zero-order chi connectivity index (χ0) is 15.0. The molecule has 0 fully saturated rings. The van der Waals surface area contributed by atoms with Crippen LogP contribution in [-0.4, -0.2) is 16.8 Å². The van der Waals surface area contributed by atoms with Crippen LogP contribution in [0.4, 0.5) is 0 Å². The van der Waals surface area contributed by atoms with Crippen LogP contribution in [-0.2, 0) is 0 Å². The van der Waals surface area contributed by atoms with E-state index in [4.69, 9.17) is 5.11 Å². The van der Waals surface area contributed by atoms with E-state index in [9.17, 15) is 5.11 Å². The average Bonchev–Trinajstić information content (AvgIpc) is 2.46. The summed E-state index contributed by atoms with van der Waals surface area (Å²) in [6, 6.07) is 7.12. The Morgan fingerprint density at radius 2 is 1.95 bits per heavy atom. The molecule has 2 nitrogen and oxygen atoms in total. The Balaban J connectivity index is 2.68. The standard InChI is InChI=1S/C18H24O2/c1-4-18(3,12-5-6-15(2)14-19)13-11-16-7-9-17(20)10-8-16/h4,6-11,13,19-20H,1,5,12,14H2,2-3H3/b13-11+,15-6+/t18-/m1/s1. The molecule has 0 heterocycles. The first-order valence-corrected chi connectivity index (χ1v) is 6.87. The lowest BCUT2D eigenvalue weighted by atomic mass is 9.84. The van der Waals surface area contributed by atoms with E-state index in [0.29, 0.717) is 0 Å². The van der Waals surface area contributed by atoms with Crippen LogP contribution in [0.5, 0.6) is 5.75 Å². The van der Waals surface area contributed by atoms with Crippen molar-refractivity contribution in [2.24, 2.45) is 5.41 Å². The number of allylic oxidation sites excluding steroid dienone is 3. The first-order chi connectivity index (χ1) is 9.49. The molecule has 108 valence electrons. The molecular weight excluding hydrogens is 248 g/mol. The van der Waals surface area contributed by atoms with E-state index in [0.717, 1.165) is 24.0 Å². The average molecular weight is 272 g/mol. The van der Waals surface area contributed by atoms with Gasteiger partial charge in [-0.3, -0.25) is 0 Å². The van der Waals surface area contributed by atoms with Gasteiger partial charge in [0.1, 0.15) is 5.75 Å². The van der Waals surface area contributed by atoms with E-state index in [-0.39, 0.29) is 17.8 Å². The normalized spacial score (nSPS) is 15.2. The van der Waals surface area contributed by atoms with E-state index in [1.54, 1.807) is 12.1 Å². The first kappa shape index (κ1) is 16.3. The fraction of sp³-hybridized carbons (Fsp3) is 0.333. The Morgan fingerprint density at radius 3 is 2.50 bits per heavy atom. The summed E-state index contributed by atoms with van der Waals surface area (Å²) in [5.74, 6) is 0.276. The highest BCUT2D eigenvalue weighted by molar-refractivity contribution is 5.51. The van der Waals surface area contributed by atoms with Crippen LogP contribution in [0.15, 0.2) is 54.6 Å². The highest BCUT2D eigenvalue weighted by Gasteiger charge is 2.15. The quantitative estimate of drug-likeness (QED) is 0.726. The molecule has 0 saturated heterocycles. The Hall–Kier alpha value is -1.80. The minimum Gasteiger partial charge on any atom is -0.508 e. The summed E-state index contributed by atoms with van der Waals surface area (Å²) in [5, 5.41) is 18.2. The van der Waals surface area contributed by atoms with Crippen molar-refractivity contribution in [1.29, 1.82) is 0 Å². The van der Waals surface area contributed by atoms with Crippen molar-refractivity contribution in [3.8, 4) is 5.75 Å². The van der Waals surface area contributed by atoms with E-state index in [1.165, 1.54) is 0 Å². The maximum Gasteiger partial charge on any atom is 0.115 e.